The fourth-order valence-corrected chi connectivity index (χ4v) is 5.09. The van der Waals surface area contributed by atoms with Gasteiger partial charge in [-0.05, 0) is 43.2 Å². The number of hydrogen-bond donors (Lipinski definition) is 3. The van der Waals surface area contributed by atoms with Gasteiger partial charge >= 0.3 is 6.18 Å². The van der Waals surface area contributed by atoms with Crippen molar-refractivity contribution < 1.29 is 32.7 Å². The highest BCUT2D eigenvalue weighted by molar-refractivity contribution is 6.11. The van der Waals surface area contributed by atoms with Gasteiger partial charge in [-0.15, -0.1) is 0 Å². The molecule has 0 aliphatic carbocycles. The lowest BCUT2D eigenvalue weighted by molar-refractivity contribution is -0.138. The van der Waals surface area contributed by atoms with Crippen LogP contribution in [0.5, 0.6) is 5.75 Å². The Morgan fingerprint density at radius 1 is 1.17 bits per heavy atom. The smallest absolute Gasteiger partial charge is 0.405 e. The number of piperidine rings is 1. The zero-order valence-corrected chi connectivity index (χ0v) is 18.9. The average Bonchev–Trinajstić information content (AvgIpc) is 3.40. The Hall–Kier alpha value is -4.09. The standard InChI is InChI=1S/C24H22F3N5O4/c25-24(26,27)13-28-19(34)12-32-17-2-1-3-18(33)20(17)23(22(32)36)6-8-31(9-7-23)21(35)14-4-5-16-15(10-14)11-29-30-16/h1-5,10-11,33H,6-9,12-13H2,(H,28,34)(H,29,30). The maximum absolute atomic E-state index is 13.6. The highest BCUT2D eigenvalue weighted by Crippen LogP contribution is 2.51. The summed E-state index contributed by atoms with van der Waals surface area (Å²) in [6.07, 6.45) is -2.58. The first-order valence-electron chi connectivity index (χ1n) is 11.3. The second-order valence-electron chi connectivity index (χ2n) is 9.00. The van der Waals surface area contributed by atoms with E-state index in [-0.39, 0.29) is 43.3 Å². The first kappa shape index (κ1) is 23.6. The van der Waals surface area contributed by atoms with Gasteiger partial charge in [-0.3, -0.25) is 19.5 Å². The first-order chi connectivity index (χ1) is 17.1. The number of aromatic hydroxyl groups is 1. The van der Waals surface area contributed by atoms with E-state index in [1.165, 1.54) is 12.1 Å². The van der Waals surface area contributed by atoms with Crippen LogP contribution in [0.4, 0.5) is 18.9 Å². The Balaban J connectivity index is 1.36. The largest absolute Gasteiger partial charge is 0.508 e. The van der Waals surface area contributed by atoms with Gasteiger partial charge in [-0.1, -0.05) is 6.07 Å². The van der Waals surface area contributed by atoms with Crippen molar-refractivity contribution in [3.63, 3.8) is 0 Å². The van der Waals surface area contributed by atoms with E-state index < -0.39 is 36.5 Å². The van der Waals surface area contributed by atoms with Crippen molar-refractivity contribution in [3.05, 3.63) is 53.7 Å². The van der Waals surface area contributed by atoms with Crippen molar-refractivity contribution in [2.75, 3.05) is 31.1 Å². The Kier molecular flexibility index (Phi) is 5.61. The van der Waals surface area contributed by atoms with Crippen molar-refractivity contribution in [1.82, 2.24) is 20.4 Å². The van der Waals surface area contributed by atoms with E-state index in [2.05, 4.69) is 10.2 Å². The lowest BCUT2D eigenvalue weighted by Crippen LogP contribution is -2.51. The Morgan fingerprint density at radius 2 is 1.92 bits per heavy atom. The molecular weight excluding hydrogens is 479 g/mol. The van der Waals surface area contributed by atoms with Crippen LogP contribution in [0.15, 0.2) is 42.6 Å². The fourth-order valence-electron chi connectivity index (χ4n) is 5.09. The van der Waals surface area contributed by atoms with Crippen molar-refractivity contribution in [2.45, 2.75) is 24.4 Å². The van der Waals surface area contributed by atoms with Crippen LogP contribution >= 0.6 is 0 Å². The normalized spacial score (nSPS) is 17.0. The number of anilines is 1. The maximum Gasteiger partial charge on any atom is 0.405 e. The van der Waals surface area contributed by atoms with E-state index in [0.29, 0.717) is 11.1 Å². The van der Waals surface area contributed by atoms with Crippen LogP contribution in [0, 0.1) is 0 Å². The molecule has 3 N–H and O–H groups in total. The fraction of sp³-hybridized carbons (Fsp3) is 0.333. The highest BCUT2D eigenvalue weighted by atomic mass is 19.4. The molecule has 1 aromatic heterocycles. The number of alkyl halides is 3. The number of phenols is 1. The summed E-state index contributed by atoms with van der Waals surface area (Å²) in [5, 5.41) is 20.0. The molecule has 1 spiro atoms. The lowest BCUT2D eigenvalue weighted by Gasteiger charge is -2.38. The first-order valence-corrected chi connectivity index (χ1v) is 11.3. The predicted octanol–water partition coefficient (Wildman–Crippen LogP) is 2.47. The van der Waals surface area contributed by atoms with Crippen LogP contribution < -0.4 is 10.2 Å². The number of nitrogens with one attached hydrogen (secondary N) is 2. The van der Waals surface area contributed by atoms with E-state index in [1.54, 1.807) is 40.7 Å². The van der Waals surface area contributed by atoms with Gasteiger partial charge in [0.2, 0.25) is 11.8 Å². The molecule has 12 heteroatoms. The number of benzene rings is 2. The molecule has 2 aromatic carbocycles. The number of aromatic amines is 1. The van der Waals surface area contributed by atoms with Crippen LogP contribution in [0.1, 0.15) is 28.8 Å². The number of amides is 3. The van der Waals surface area contributed by atoms with E-state index in [9.17, 15) is 32.7 Å². The molecular formula is C24H22F3N5O4. The number of carbonyl (C=O) groups is 3. The molecule has 1 fully saturated rings. The minimum absolute atomic E-state index is 0.135. The predicted molar refractivity (Wildman–Crippen MR) is 122 cm³/mol. The summed E-state index contributed by atoms with van der Waals surface area (Å²) in [5.74, 6) is -1.79. The summed E-state index contributed by atoms with van der Waals surface area (Å²) in [6.45, 7) is -1.68. The molecule has 3 heterocycles. The molecule has 0 unspecified atom stereocenters. The molecule has 2 aliphatic heterocycles. The third-order valence-corrected chi connectivity index (χ3v) is 6.82. The van der Waals surface area contributed by atoms with E-state index in [4.69, 9.17) is 0 Å². The number of hydrogen-bond acceptors (Lipinski definition) is 5. The molecule has 9 nitrogen and oxygen atoms in total. The van der Waals surface area contributed by atoms with Gasteiger partial charge in [0.15, 0.2) is 0 Å². The quantitative estimate of drug-likeness (QED) is 0.508. The molecule has 3 aromatic rings. The maximum atomic E-state index is 13.6. The number of carbonyl (C=O) groups excluding carboxylic acids is 3. The molecule has 0 atom stereocenters. The van der Waals surface area contributed by atoms with Gasteiger partial charge in [0.05, 0.1) is 22.8 Å². The Labute approximate surface area is 202 Å². The number of fused-ring (bicyclic) bond motifs is 3. The average molecular weight is 501 g/mol. The summed E-state index contributed by atoms with van der Waals surface area (Å²) in [6, 6.07) is 9.67. The van der Waals surface area contributed by atoms with Crippen molar-refractivity contribution >= 4 is 34.3 Å². The van der Waals surface area contributed by atoms with E-state index in [1.807, 2.05) is 0 Å². The summed E-state index contributed by atoms with van der Waals surface area (Å²) < 4.78 is 37.5. The Bertz CT molecular complexity index is 1360. The van der Waals surface area contributed by atoms with Crippen molar-refractivity contribution in [3.8, 4) is 5.75 Å². The summed E-state index contributed by atoms with van der Waals surface area (Å²) in [4.78, 5) is 41.7. The monoisotopic (exact) mass is 501 g/mol. The number of nitrogens with zero attached hydrogens (tertiary/aromatic N) is 3. The number of rotatable bonds is 4. The highest BCUT2D eigenvalue weighted by Gasteiger charge is 2.54. The van der Waals surface area contributed by atoms with Gasteiger partial charge in [0.1, 0.15) is 18.8 Å². The Morgan fingerprint density at radius 3 is 2.64 bits per heavy atom. The lowest BCUT2D eigenvalue weighted by atomic mass is 9.73. The van der Waals surface area contributed by atoms with Crippen LogP contribution in [0.3, 0.4) is 0 Å². The van der Waals surface area contributed by atoms with Crippen LogP contribution in [0.25, 0.3) is 10.9 Å². The van der Waals surface area contributed by atoms with Crippen LogP contribution in [-0.2, 0) is 15.0 Å². The van der Waals surface area contributed by atoms with Crippen molar-refractivity contribution in [2.24, 2.45) is 0 Å². The number of halogens is 3. The third-order valence-electron chi connectivity index (χ3n) is 6.82. The number of likely N-dealkylation sites (tertiary alicyclic amines) is 1. The zero-order chi connectivity index (χ0) is 25.7. The van der Waals surface area contributed by atoms with Crippen LogP contribution in [-0.4, -0.2) is 70.3 Å². The zero-order valence-electron chi connectivity index (χ0n) is 18.9. The molecule has 2 aliphatic rings. The van der Waals surface area contributed by atoms with Gasteiger partial charge in [0.25, 0.3) is 5.91 Å². The number of H-pyrrole nitrogens is 1. The van der Waals surface area contributed by atoms with E-state index >= 15 is 0 Å². The summed E-state index contributed by atoms with van der Waals surface area (Å²) in [5.41, 5.74) is 0.713. The van der Waals surface area contributed by atoms with Gasteiger partial charge in [-0.2, -0.15) is 18.3 Å². The number of phenolic OH excluding ortho intramolecular Hbond substituents is 1. The third kappa shape index (κ3) is 4.01. The van der Waals surface area contributed by atoms with Crippen molar-refractivity contribution in [1.29, 1.82) is 0 Å². The second-order valence-corrected chi connectivity index (χ2v) is 9.00. The SMILES string of the molecule is O=C(CN1C(=O)C2(CCN(C(=O)c3ccc4[nH]ncc4c3)CC2)c2c(O)cccc21)NCC(F)(F)F. The molecule has 0 saturated carbocycles. The molecule has 36 heavy (non-hydrogen) atoms. The second kappa shape index (κ2) is 8.54. The van der Waals surface area contributed by atoms with Crippen LogP contribution in [0.2, 0.25) is 0 Å². The molecule has 3 amide bonds. The van der Waals surface area contributed by atoms with Gasteiger partial charge in [0, 0.05) is 29.6 Å². The molecule has 1 saturated heterocycles. The van der Waals surface area contributed by atoms with E-state index in [0.717, 1.165) is 15.8 Å². The molecule has 5 rings (SSSR count). The topological polar surface area (TPSA) is 119 Å². The van der Waals surface area contributed by atoms with Gasteiger partial charge in [-0.25, -0.2) is 0 Å². The summed E-state index contributed by atoms with van der Waals surface area (Å²) in [7, 11) is 0. The summed E-state index contributed by atoms with van der Waals surface area (Å²) >= 11 is 0. The molecule has 0 bridgehead atoms. The minimum atomic E-state index is -4.58. The number of aromatic nitrogens is 2. The molecule has 0 radical (unpaired) electrons. The minimum Gasteiger partial charge on any atom is -0.508 e. The van der Waals surface area contributed by atoms with Gasteiger partial charge < -0.3 is 20.2 Å². The molecule has 188 valence electrons.